The maximum absolute atomic E-state index is 13.0. The molecule has 0 saturated carbocycles. The summed E-state index contributed by atoms with van der Waals surface area (Å²) in [5, 5.41) is 5.77. The van der Waals surface area contributed by atoms with Gasteiger partial charge in [0.1, 0.15) is 0 Å². The smallest absolute Gasteiger partial charge is 0.262 e. The monoisotopic (exact) mass is 384 g/mol. The van der Waals surface area contributed by atoms with Crippen molar-refractivity contribution in [1.82, 2.24) is 4.98 Å². The Morgan fingerprint density at radius 1 is 0.679 bits per heavy atom. The van der Waals surface area contributed by atoms with Crippen molar-refractivity contribution >= 4 is 48.0 Å². The van der Waals surface area contributed by atoms with E-state index in [9.17, 15) is 8.42 Å². The van der Waals surface area contributed by atoms with Gasteiger partial charge in [-0.3, -0.25) is 9.71 Å². The summed E-state index contributed by atoms with van der Waals surface area (Å²) in [6.07, 6.45) is 3.26. The molecule has 5 aromatic rings. The summed E-state index contributed by atoms with van der Waals surface area (Å²) in [5.74, 6) is 0. The molecule has 0 saturated heterocycles. The van der Waals surface area contributed by atoms with E-state index in [1.165, 1.54) is 0 Å². The summed E-state index contributed by atoms with van der Waals surface area (Å²) in [7, 11) is -3.73. The van der Waals surface area contributed by atoms with Crippen LogP contribution < -0.4 is 4.72 Å². The molecule has 5 rings (SSSR count). The summed E-state index contributed by atoms with van der Waals surface area (Å²) in [5.41, 5.74) is 0.536. The summed E-state index contributed by atoms with van der Waals surface area (Å²) < 4.78 is 28.8. The molecule has 1 N–H and O–H groups in total. The van der Waals surface area contributed by atoms with E-state index in [-0.39, 0.29) is 4.90 Å². The number of benzene rings is 4. The number of fused-ring (bicyclic) bond motifs is 3. The molecule has 0 aliphatic rings. The Morgan fingerprint density at radius 3 is 2.21 bits per heavy atom. The maximum Gasteiger partial charge on any atom is 0.262 e. The van der Waals surface area contributed by atoms with E-state index in [0.717, 1.165) is 26.9 Å². The molecule has 1 heterocycles. The zero-order valence-electron chi connectivity index (χ0n) is 14.8. The number of pyridine rings is 1. The van der Waals surface area contributed by atoms with Gasteiger partial charge in [-0.05, 0) is 57.9 Å². The van der Waals surface area contributed by atoms with Crippen LogP contribution in [0.5, 0.6) is 0 Å². The van der Waals surface area contributed by atoms with E-state index in [1.807, 2.05) is 30.3 Å². The van der Waals surface area contributed by atoms with Crippen molar-refractivity contribution in [3.63, 3.8) is 0 Å². The second-order valence-electron chi connectivity index (χ2n) is 6.72. The highest BCUT2D eigenvalue weighted by Crippen LogP contribution is 2.28. The lowest BCUT2D eigenvalue weighted by molar-refractivity contribution is 0.602. The summed E-state index contributed by atoms with van der Waals surface area (Å²) in [6, 6.07) is 24.8. The van der Waals surface area contributed by atoms with Gasteiger partial charge in [-0.2, -0.15) is 0 Å². The predicted molar refractivity (Wildman–Crippen MR) is 114 cm³/mol. The second kappa shape index (κ2) is 6.32. The van der Waals surface area contributed by atoms with Crippen molar-refractivity contribution in [3.8, 4) is 0 Å². The van der Waals surface area contributed by atoms with Gasteiger partial charge in [0.2, 0.25) is 0 Å². The number of nitrogens with one attached hydrogen (secondary N) is 1. The summed E-state index contributed by atoms with van der Waals surface area (Å²) in [4.78, 5) is 4.31. The van der Waals surface area contributed by atoms with Gasteiger partial charge in [0.15, 0.2) is 0 Å². The third-order valence-corrected chi connectivity index (χ3v) is 6.33. The first-order chi connectivity index (χ1) is 13.6. The lowest BCUT2D eigenvalue weighted by atomic mass is 10.0. The van der Waals surface area contributed by atoms with Crippen LogP contribution in [0.4, 0.5) is 5.69 Å². The molecule has 0 aliphatic heterocycles. The van der Waals surface area contributed by atoms with Crippen molar-refractivity contribution in [2.24, 2.45) is 0 Å². The Labute approximate surface area is 162 Å². The minimum Gasteiger partial charge on any atom is -0.280 e. The molecule has 0 unspecified atom stereocenters. The molecule has 4 aromatic carbocycles. The summed E-state index contributed by atoms with van der Waals surface area (Å²) >= 11 is 0. The van der Waals surface area contributed by atoms with Gasteiger partial charge in [0.05, 0.1) is 4.90 Å². The average Bonchev–Trinajstić information content (AvgIpc) is 2.71. The normalized spacial score (nSPS) is 11.9. The zero-order chi connectivity index (χ0) is 19.1. The minimum atomic E-state index is -3.73. The van der Waals surface area contributed by atoms with E-state index < -0.39 is 10.0 Å². The highest BCUT2D eigenvalue weighted by Gasteiger charge is 2.17. The molecule has 136 valence electrons. The Kier molecular flexibility index (Phi) is 3.77. The molecular weight excluding hydrogens is 368 g/mol. The number of nitrogens with zero attached hydrogens (tertiary/aromatic N) is 1. The average molecular weight is 384 g/mol. The van der Waals surface area contributed by atoms with Crippen LogP contribution in [-0.4, -0.2) is 13.4 Å². The van der Waals surface area contributed by atoms with Crippen LogP contribution in [0.1, 0.15) is 0 Å². The van der Waals surface area contributed by atoms with Gasteiger partial charge in [0.25, 0.3) is 10.0 Å². The lowest BCUT2D eigenvalue weighted by Crippen LogP contribution is -2.13. The first-order valence-corrected chi connectivity index (χ1v) is 10.4. The predicted octanol–water partition coefficient (Wildman–Crippen LogP) is 5.34. The lowest BCUT2D eigenvalue weighted by Gasteiger charge is -2.11. The van der Waals surface area contributed by atoms with Crippen LogP contribution in [0.15, 0.2) is 96.2 Å². The van der Waals surface area contributed by atoms with E-state index >= 15 is 0 Å². The van der Waals surface area contributed by atoms with Gasteiger partial charge >= 0.3 is 0 Å². The standard InChI is InChI=1S/C23H16N2O2S/c26-28(27,23-7-3-6-19-15-24-11-10-22(19)23)25-21-9-8-18-12-16-4-1-2-5-17(16)13-20(18)14-21/h1-15,25H. The Hall–Kier alpha value is -3.44. The van der Waals surface area contributed by atoms with Gasteiger partial charge in [-0.1, -0.05) is 42.5 Å². The van der Waals surface area contributed by atoms with Crippen LogP contribution in [0, 0.1) is 0 Å². The largest absolute Gasteiger partial charge is 0.280 e. The van der Waals surface area contributed by atoms with Crippen LogP contribution in [-0.2, 0) is 10.0 Å². The molecule has 0 spiro atoms. The third kappa shape index (κ3) is 2.86. The van der Waals surface area contributed by atoms with Crippen LogP contribution >= 0.6 is 0 Å². The van der Waals surface area contributed by atoms with E-state index in [4.69, 9.17) is 0 Å². The first-order valence-electron chi connectivity index (χ1n) is 8.88. The number of sulfonamides is 1. The molecule has 0 amide bonds. The fraction of sp³-hybridized carbons (Fsp3) is 0. The molecule has 4 nitrogen and oxygen atoms in total. The molecule has 28 heavy (non-hydrogen) atoms. The Balaban J connectivity index is 1.59. The van der Waals surface area contributed by atoms with Crippen LogP contribution in [0.3, 0.4) is 0 Å². The number of aromatic nitrogens is 1. The molecular formula is C23H16N2O2S. The Morgan fingerprint density at radius 2 is 1.39 bits per heavy atom. The molecule has 0 bridgehead atoms. The number of hydrogen-bond acceptors (Lipinski definition) is 3. The van der Waals surface area contributed by atoms with Crippen molar-refractivity contribution in [2.75, 3.05) is 4.72 Å². The maximum atomic E-state index is 13.0. The minimum absolute atomic E-state index is 0.242. The SMILES string of the molecule is O=S(=O)(Nc1ccc2cc3ccccc3cc2c1)c1cccc2cnccc12. The van der Waals surface area contributed by atoms with E-state index in [1.54, 1.807) is 36.7 Å². The number of hydrogen-bond donors (Lipinski definition) is 1. The van der Waals surface area contributed by atoms with Gasteiger partial charge in [-0.15, -0.1) is 0 Å². The highest BCUT2D eigenvalue weighted by molar-refractivity contribution is 7.93. The molecule has 0 atom stereocenters. The Bertz CT molecular complexity index is 1450. The fourth-order valence-electron chi connectivity index (χ4n) is 3.54. The molecule has 1 aromatic heterocycles. The second-order valence-corrected chi connectivity index (χ2v) is 8.37. The van der Waals surface area contributed by atoms with Crippen molar-refractivity contribution in [3.05, 3.63) is 91.3 Å². The fourth-order valence-corrected chi connectivity index (χ4v) is 4.82. The molecule has 5 heteroatoms. The van der Waals surface area contributed by atoms with Crippen molar-refractivity contribution in [2.45, 2.75) is 4.90 Å². The zero-order valence-corrected chi connectivity index (χ0v) is 15.6. The van der Waals surface area contributed by atoms with Gasteiger partial charge < -0.3 is 0 Å². The van der Waals surface area contributed by atoms with E-state index in [0.29, 0.717) is 11.1 Å². The topological polar surface area (TPSA) is 59.1 Å². The van der Waals surface area contributed by atoms with Gasteiger partial charge in [-0.25, -0.2) is 8.42 Å². The van der Waals surface area contributed by atoms with Crippen molar-refractivity contribution in [1.29, 1.82) is 0 Å². The van der Waals surface area contributed by atoms with Crippen LogP contribution in [0.25, 0.3) is 32.3 Å². The number of anilines is 1. The molecule has 0 fully saturated rings. The molecule has 0 radical (unpaired) electrons. The van der Waals surface area contributed by atoms with E-state index in [2.05, 4.69) is 34.0 Å². The van der Waals surface area contributed by atoms with Crippen molar-refractivity contribution < 1.29 is 8.42 Å². The number of rotatable bonds is 3. The summed E-state index contributed by atoms with van der Waals surface area (Å²) in [6.45, 7) is 0. The highest BCUT2D eigenvalue weighted by atomic mass is 32.2. The molecule has 0 aliphatic carbocycles. The van der Waals surface area contributed by atoms with Gasteiger partial charge in [0, 0.05) is 28.9 Å². The van der Waals surface area contributed by atoms with Crippen LogP contribution in [0.2, 0.25) is 0 Å². The third-order valence-electron chi connectivity index (χ3n) is 4.89. The first kappa shape index (κ1) is 16.7. The quantitative estimate of drug-likeness (QED) is 0.427.